The summed E-state index contributed by atoms with van der Waals surface area (Å²) in [5.74, 6) is 0. The molecule has 4 heteroatoms. The Bertz CT molecular complexity index is 4930. The maximum atomic E-state index is 3.90. The summed E-state index contributed by atoms with van der Waals surface area (Å²) in [5.41, 5.74) is 29.2. The number of halogens is 2. The fraction of sp³-hybridized carbons (Fsp3) is 0.327. The Morgan fingerprint density at radius 3 is 0.711 bits per heavy atom. The van der Waals surface area contributed by atoms with E-state index in [4.69, 9.17) is 0 Å². The third kappa shape index (κ3) is 21.9. The molecule has 0 saturated heterocycles. The number of fused-ring (bicyclic) bond motifs is 10. The third-order valence-electron chi connectivity index (χ3n) is 21.8. The van der Waals surface area contributed by atoms with E-state index >= 15 is 0 Å². The van der Waals surface area contributed by atoms with Crippen molar-refractivity contribution in [3.8, 4) is 22.3 Å². The van der Waals surface area contributed by atoms with E-state index in [9.17, 15) is 0 Å². The van der Waals surface area contributed by atoms with E-state index in [-0.39, 0.29) is 68.1 Å². The molecule has 0 N–H and O–H groups in total. The van der Waals surface area contributed by atoms with E-state index in [1.165, 1.54) is 209 Å². The van der Waals surface area contributed by atoms with Crippen LogP contribution in [-0.2, 0) is 105 Å². The van der Waals surface area contributed by atoms with Crippen LogP contribution in [0.5, 0.6) is 0 Å². The van der Waals surface area contributed by atoms with Crippen molar-refractivity contribution < 1.29 is 73.3 Å². The fourth-order valence-electron chi connectivity index (χ4n) is 15.6. The van der Waals surface area contributed by atoms with Crippen LogP contribution >= 0.6 is 0 Å². The van der Waals surface area contributed by atoms with Gasteiger partial charge in [-0.25, -0.2) is 24.3 Å². The van der Waals surface area contributed by atoms with E-state index in [1.807, 2.05) is 24.3 Å². The number of allylic oxidation sites excluding steroid dienone is 8. The summed E-state index contributed by atoms with van der Waals surface area (Å²) in [6, 6.07) is 84.0. The first-order chi connectivity index (χ1) is 52.4. The van der Waals surface area contributed by atoms with Gasteiger partial charge in [0.05, 0.1) is 0 Å². The molecule has 12 aromatic rings. The Balaban J connectivity index is 0.000000166. The molecule has 0 saturated carbocycles. The molecule has 0 unspecified atom stereocenters. The van der Waals surface area contributed by atoms with Crippen molar-refractivity contribution in [1.82, 2.24) is 0 Å². The van der Waals surface area contributed by atoms with Crippen molar-refractivity contribution in [2.45, 2.75) is 235 Å². The van der Waals surface area contributed by atoms with Crippen LogP contribution < -0.4 is 24.8 Å². The van der Waals surface area contributed by atoms with Gasteiger partial charge in [-0.3, -0.25) is 12.2 Å². The first kappa shape index (κ1) is 90.6. The molecule has 0 amide bonds. The second-order valence-corrected chi connectivity index (χ2v) is 41.8. The summed E-state index contributed by atoms with van der Waals surface area (Å²) in [4.78, 5) is 0. The molecule has 12 aromatic carbocycles. The topological polar surface area (TPSA) is 0 Å². The third-order valence-corrected chi connectivity index (χ3v) is 24.6. The number of benzene rings is 12. The van der Waals surface area contributed by atoms with Gasteiger partial charge in [-0.2, -0.15) is 47.5 Å². The minimum absolute atomic E-state index is 0. The summed E-state index contributed by atoms with van der Waals surface area (Å²) in [6.07, 6.45) is 22.0. The molecule has 0 atom stereocenters. The summed E-state index contributed by atoms with van der Waals surface area (Å²) in [6.45, 7) is 56.0. The molecule has 0 radical (unpaired) electrons. The van der Waals surface area contributed by atoms with Gasteiger partial charge in [0, 0.05) is 0 Å². The average molecular weight is 1700 g/mol. The normalized spacial score (nSPS) is 13.3. The van der Waals surface area contributed by atoms with Gasteiger partial charge in [-0.1, -0.05) is 212 Å². The van der Waals surface area contributed by atoms with E-state index in [0.717, 1.165) is 25.7 Å². The Labute approximate surface area is 729 Å². The maximum absolute atomic E-state index is 3.90. The second-order valence-electron chi connectivity index (χ2n) is 39.4. The van der Waals surface area contributed by atoms with Crippen molar-refractivity contribution in [3.05, 3.63) is 356 Å². The Hall–Kier alpha value is -7.27. The van der Waals surface area contributed by atoms with E-state index in [0.29, 0.717) is 0 Å². The standard InChI is InChI=1S/2C29H41.2C21H14.2C5H5.2ClH.2Zr/c2*1-26(2,3)22-14-18-13-19-15-23(27(4,5)6)25(29(10,11)12)17-21(19)20(18)16-24(22)28(7,8)9;2*1-3-7-20-14-16(9-11-18(20)5-1)13-17-10-12-19-6-2-4-8-21(19)15-17;2*1-2-4-5-3-1;;;;/h2*14,16-17H,13H2,1-12H3;2*1-12,14-15H;2*1-3H,4H2;2*1H;;/q2*-1;;;2*-1;;;2*+2/p-2. The molecular weight excluding hydrogens is 1570 g/mol. The van der Waals surface area contributed by atoms with Crippen LogP contribution in [0, 0.1) is 24.3 Å². The van der Waals surface area contributed by atoms with Crippen molar-refractivity contribution in [2.75, 3.05) is 0 Å². The molecule has 0 heterocycles. The Kier molecular flexibility index (Phi) is 28.9. The van der Waals surface area contributed by atoms with Gasteiger partial charge in [0.1, 0.15) is 0 Å². The van der Waals surface area contributed by atoms with Gasteiger partial charge < -0.3 is 24.8 Å². The average Bonchev–Trinajstić information content (AvgIpc) is 1.57. The monoisotopic (exact) mass is 1690 g/mol. The van der Waals surface area contributed by atoms with Crippen LogP contribution in [0.3, 0.4) is 0 Å². The van der Waals surface area contributed by atoms with Crippen LogP contribution in [0.15, 0.2) is 243 Å². The van der Waals surface area contributed by atoms with Crippen molar-refractivity contribution in [1.29, 1.82) is 0 Å². The van der Waals surface area contributed by atoms with Crippen molar-refractivity contribution >= 4 is 49.5 Å². The Morgan fingerprint density at radius 1 is 0.263 bits per heavy atom. The molecule has 0 fully saturated rings. The first-order valence-corrected chi connectivity index (χ1v) is 43.0. The van der Waals surface area contributed by atoms with Crippen LogP contribution in [0.25, 0.3) is 65.3 Å². The summed E-state index contributed by atoms with van der Waals surface area (Å²) in [7, 11) is 0. The van der Waals surface area contributed by atoms with Gasteiger partial charge in [-0.05, 0) is 78.7 Å². The van der Waals surface area contributed by atoms with Gasteiger partial charge in [0.2, 0.25) is 0 Å². The van der Waals surface area contributed by atoms with Gasteiger partial charge >= 0.3 is 290 Å². The molecule has 4 aliphatic carbocycles. The Morgan fingerprint density at radius 2 is 0.500 bits per heavy atom. The summed E-state index contributed by atoms with van der Waals surface area (Å²) in [5, 5.41) is 10.4. The summed E-state index contributed by atoms with van der Waals surface area (Å²) < 4.78 is 2.81. The van der Waals surface area contributed by atoms with Gasteiger partial charge in [0.25, 0.3) is 0 Å². The molecule has 0 aromatic heterocycles. The first-order valence-electron chi connectivity index (χ1n) is 40.6. The molecule has 4 aliphatic rings. The molecule has 0 aliphatic heterocycles. The van der Waals surface area contributed by atoms with Gasteiger partial charge in [-0.15, -0.1) is 46.2 Å². The minimum atomic E-state index is 0. The SMILES string of the molecule is CC(C)(C)c1[c-]c2c(cc1C(C)(C)C)-c1cc(C(C)(C)C)c(C(C)(C)C)cc1C2.CC(C)(C)c1[c-]c2c(cc1C(C)(C)C)-c1cc(C(C)(C)C)c(C(C)(C)C)cc1C2.[C-]1=CC=CC1.[C-]1=CC=CC1.[Cl-].[Cl-].[Zr+2]=[C](c1ccc2ccccc2c1)c1ccc2ccccc2c1.[Zr+2]=[C](c1ccc2ccccc2c1)c1ccc2ccccc2c1. The van der Waals surface area contributed by atoms with Gasteiger partial charge in [0.15, 0.2) is 0 Å². The number of rotatable bonds is 4. The molecule has 16 rings (SSSR count). The zero-order valence-corrected chi connectivity index (χ0v) is 79.1. The van der Waals surface area contributed by atoms with Crippen LogP contribution in [0.4, 0.5) is 0 Å². The van der Waals surface area contributed by atoms with E-state index in [2.05, 4.69) is 409 Å². The van der Waals surface area contributed by atoms with Crippen LogP contribution in [-0.4, -0.2) is 6.41 Å². The zero-order chi connectivity index (χ0) is 81.3. The van der Waals surface area contributed by atoms with Crippen LogP contribution in [0.2, 0.25) is 0 Å². The van der Waals surface area contributed by atoms with E-state index < -0.39 is 0 Å². The van der Waals surface area contributed by atoms with Crippen LogP contribution in [0.1, 0.15) is 268 Å². The molecule has 0 bridgehead atoms. The number of hydrogen-bond acceptors (Lipinski definition) is 0. The predicted molar refractivity (Wildman–Crippen MR) is 482 cm³/mol. The van der Waals surface area contributed by atoms with E-state index in [1.54, 1.807) is 0 Å². The van der Waals surface area contributed by atoms with Crippen molar-refractivity contribution in [3.63, 3.8) is 0 Å². The molecule has 584 valence electrons. The van der Waals surface area contributed by atoms with Crippen molar-refractivity contribution in [2.24, 2.45) is 0 Å². The molecule has 0 spiro atoms. The quantitative estimate of drug-likeness (QED) is 0.154. The molecule has 114 heavy (non-hydrogen) atoms. The summed E-state index contributed by atoms with van der Waals surface area (Å²) >= 11 is 2.89. The number of hydrogen-bond donors (Lipinski definition) is 0. The zero-order valence-electron chi connectivity index (χ0n) is 72.7. The fourth-order valence-corrected chi connectivity index (χ4v) is 17.2. The molecule has 0 nitrogen and oxygen atoms in total. The second kappa shape index (κ2) is 36.3. The molecular formula is C110H120Cl2Zr2-2. The predicted octanol–water partition coefficient (Wildman–Crippen LogP) is 23.3.